The Kier molecular flexibility index (Phi) is 3.53. The summed E-state index contributed by atoms with van der Waals surface area (Å²) in [5.74, 6) is 0. The lowest BCUT2D eigenvalue weighted by Gasteiger charge is -2.39. The van der Waals surface area contributed by atoms with Crippen molar-refractivity contribution in [2.24, 2.45) is 0 Å². The topological polar surface area (TPSA) is 6.48 Å². The van der Waals surface area contributed by atoms with E-state index in [2.05, 4.69) is 37.7 Å². The molecule has 0 N–H and O–H groups in total. The van der Waals surface area contributed by atoms with Crippen LogP contribution in [0.4, 0.5) is 0 Å². The Labute approximate surface area is 76.5 Å². The highest BCUT2D eigenvalue weighted by Gasteiger charge is 2.24. The molecule has 1 saturated heterocycles. The summed E-state index contributed by atoms with van der Waals surface area (Å²) in [5.41, 5.74) is 0. The van der Waals surface area contributed by atoms with E-state index >= 15 is 0 Å². The van der Waals surface area contributed by atoms with E-state index in [0.717, 1.165) is 12.1 Å². The number of nitrogens with zero attached hydrogens (tertiary/aromatic N) is 2. The molecule has 0 saturated carbocycles. The summed E-state index contributed by atoms with van der Waals surface area (Å²) >= 11 is 0. The summed E-state index contributed by atoms with van der Waals surface area (Å²) in [6.45, 7) is 7.09. The maximum absolute atomic E-state index is 2.57. The van der Waals surface area contributed by atoms with Gasteiger partial charge >= 0.3 is 0 Å². The summed E-state index contributed by atoms with van der Waals surface area (Å²) in [7, 11) is 4.39. The second-order valence-corrected chi connectivity index (χ2v) is 4.12. The van der Waals surface area contributed by atoms with E-state index < -0.39 is 0 Å². The molecule has 72 valence electrons. The molecule has 0 amide bonds. The highest BCUT2D eigenvalue weighted by Crippen LogP contribution is 2.19. The first-order chi connectivity index (χ1) is 5.65. The molecule has 0 spiro atoms. The number of hydrogen-bond donors (Lipinski definition) is 0. The Morgan fingerprint density at radius 2 is 2.08 bits per heavy atom. The van der Waals surface area contributed by atoms with Crippen molar-refractivity contribution in [3.05, 3.63) is 0 Å². The quantitative estimate of drug-likeness (QED) is 0.618. The van der Waals surface area contributed by atoms with E-state index in [1.165, 1.54) is 25.9 Å². The molecular weight excluding hydrogens is 148 g/mol. The van der Waals surface area contributed by atoms with E-state index in [1.807, 2.05) is 0 Å². The number of likely N-dealkylation sites (tertiary alicyclic amines) is 1. The van der Waals surface area contributed by atoms with E-state index in [1.54, 1.807) is 0 Å². The van der Waals surface area contributed by atoms with Gasteiger partial charge in [0.25, 0.3) is 0 Å². The van der Waals surface area contributed by atoms with Crippen LogP contribution in [0.5, 0.6) is 0 Å². The number of piperidine rings is 1. The minimum absolute atomic E-state index is 0.774. The fourth-order valence-electron chi connectivity index (χ4n) is 2.13. The van der Waals surface area contributed by atoms with E-state index in [4.69, 9.17) is 0 Å². The molecule has 0 aromatic carbocycles. The van der Waals surface area contributed by atoms with Crippen LogP contribution in [-0.2, 0) is 0 Å². The molecule has 0 aliphatic carbocycles. The first kappa shape index (κ1) is 10.0. The maximum Gasteiger partial charge on any atom is 0.0116 e. The largest absolute Gasteiger partial charge is 0.306 e. The van der Waals surface area contributed by atoms with Gasteiger partial charge in [-0.05, 0) is 47.0 Å². The first-order valence-electron chi connectivity index (χ1n) is 5.05. The minimum Gasteiger partial charge on any atom is -0.306 e. The standard InChI is InChI=1S/C10H22N2/c1-5-12-7-6-10(11(3)4)8-9(12)2/h9-10H,5-8H2,1-4H3. The molecule has 2 heteroatoms. The van der Waals surface area contributed by atoms with Gasteiger partial charge in [0.05, 0.1) is 0 Å². The Morgan fingerprint density at radius 3 is 2.50 bits per heavy atom. The molecule has 1 aliphatic heterocycles. The summed E-state index contributed by atoms with van der Waals surface area (Å²) in [4.78, 5) is 4.93. The van der Waals surface area contributed by atoms with Crippen molar-refractivity contribution in [3.63, 3.8) is 0 Å². The predicted molar refractivity (Wildman–Crippen MR) is 53.4 cm³/mol. The lowest BCUT2D eigenvalue weighted by atomic mass is 9.98. The molecule has 1 rings (SSSR count). The van der Waals surface area contributed by atoms with Gasteiger partial charge in [-0.15, -0.1) is 0 Å². The zero-order valence-corrected chi connectivity index (χ0v) is 8.88. The van der Waals surface area contributed by atoms with Crippen LogP contribution < -0.4 is 0 Å². The molecule has 1 heterocycles. The van der Waals surface area contributed by atoms with Crippen molar-refractivity contribution in [1.29, 1.82) is 0 Å². The third kappa shape index (κ3) is 2.20. The molecule has 1 aliphatic rings. The van der Waals surface area contributed by atoms with Gasteiger partial charge in [0, 0.05) is 12.1 Å². The maximum atomic E-state index is 2.57. The normalized spacial score (nSPS) is 32.8. The molecule has 0 aromatic rings. The van der Waals surface area contributed by atoms with Gasteiger partial charge < -0.3 is 9.80 Å². The van der Waals surface area contributed by atoms with Crippen LogP contribution >= 0.6 is 0 Å². The van der Waals surface area contributed by atoms with Crippen molar-refractivity contribution < 1.29 is 0 Å². The Bertz CT molecular complexity index is 134. The van der Waals surface area contributed by atoms with Crippen LogP contribution in [0, 0.1) is 0 Å². The number of hydrogen-bond acceptors (Lipinski definition) is 2. The lowest BCUT2D eigenvalue weighted by Crippen LogP contribution is -2.46. The zero-order valence-electron chi connectivity index (χ0n) is 8.88. The van der Waals surface area contributed by atoms with Crippen LogP contribution in [0.1, 0.15) is 26.7 Å². The van der Waals surface area contributed by atoms with Crippen molar-refractivity contribution >= 4 is 0 Å². The molecule has 2 nitrogen and oxygen atoms in total. The second-order valence-electron chi connectivity index (χ2n) is 4.12. The summed E-state index contributed by atoms with van der Waals surface area (Å²) < 4.78 is 0. The van der Waals surface area contributed by atoms with Gasteiger partial charge in [-0.2, -0.15) is 0 Å². The fourth-order valence-corrected chi connectivity index (χ4v) is 2.13. The third-order valence-corrected chi connectivity index (χ3v) is 3.12. The third-order valence-electron chi connectivity index (χ3n) is 3.12. The molecular formula is C10H22N2. The van der Waals surface area contributed by atoms with Crippen molar-refractivity contribution in [2.45, 2.75) is 38.8 Å². The Morgan fingerprint density at radius 1 is 1.42 bits per heavy atom. The summed E-state index contributed by atoms with van der Waals surface area (Å²) in [5, 5.41) is 0. The summed E-state index contributed by atoms with van der Waals surface area (Å²) in [6, 6.07) is 1.58. The monoisotopic (exact) mass is 170 g/mol. The van der Waals surface area contributed by atoms with Crippen LogP contribution in [-0.4, -0.2) is 49.1 Å². The zero-order chi connectivity index (χ0) is 9.14. The van der Waals surface area contributed by atoms with Crippen LogP contribution in [0.3, 0.4) is 0 Å². The molecule has 12 heavy (non-hydrogen) atoms. The SMILES string of the molecule is CCN1CCC(N(C)C)CC1C. The van der Waals surface area contributed by atoms with Crippen LogP contribution in [0.15, 0.2) is 0 Å². The van der Waals surface area contributed by atoms with E-state index in [0.29, 0.717) is 0 Å². The highest BCUT2D eigenvalue weighted by molar-refractivity contribution is 4.81. The molecule has 0 radical (unpaired) electrons. The van der Waals surface area contributed by atoms with Crippen LogP contribution in [0.25, 0.3) is 0 Å². The molecule has 1 fully saturated rings. The van der Waals surface area contributed by atoms with E-state index in [9.17, 15) is 0 Å². The summed E-state index contributed by atoms with van der Waals surface area (Å²) in [6.07, 6.45) is 2.67. The van der Waals surface area contributed by atoms with Crippen LogP contribution in [0.2, 0.25) is 0 Å². The average molecular weight is 170 g/mol. The van der Waals surface area contributed by atoms with Gasteiger partial charge in [-0.1, -0.05) is 6.92 Å². The van der Waals surface area contributed by atoms with Gasteiger partial charge in [0.1, 0.15) is 0 Å². The lowest BCUT2D eigenvalue weighted by molar-refractivity contribution is 0.102. The highest BCUT2D eigenvalue weighted by atomic mass is 15.2. The van der Waals surface area contributed by atoms with Gasteiger partial charge in [0.2, 0.25) is 0 Å². The van der Waals surface area contributed by atoms with Gasteiger partial charge in [-0.25, -0.2) is 0 Å². The Hall–Kier alpha value is -0.0800. The smallest absolute Gasteiger partial charge is 0.0116 e. The average Bonchev–Trinajstić information content (AvgIpc) is 2.04. The molecule has 2 unspecified atom stereocenters. The van der Waals surface area contributed by atoms with Gasteiger partial charge in [-0.3, -0.25) is 0 Å². The molecule has 0 bridgehead atoms. The Balaban J connectivity index is 2.40. The molecule has 2 atom stereocenters. The molecule has 0 aromatic heterocycles. The van der Waals surface area contributed by atoms with Crippen molar-refractivity contribution in [1.82, 2.24) is 9.80 Å². The van der Waals surface area contributed by atoms with Gasteiger partial charge in [0.15, 0.2) is 0 Å². The second kappa shape index (κ2) is 4.24. The number of rotatable bonds is 2. The van der Waals surface area contributed by atoms with Crippen molar-refractivity contribution in [2.75, 3.05) is 27.2 Å². The minimum atomic E-state index is 0.774. The fraction of sp³-hybridized carbons (Fsp3) is 1.00. The predicted octanol–water partition coefficient (Wildman–Crippen LogP) is 1.42. The van der Waals surface area contributed by atoms with E-state index in [-0.39, 0.29) is 0 Å². The van der Waals surface area contributed by atoms with Crippen molar-refractivity contribution in [3.8, 4) is 0 Å². The first-order valence-corrected chi connectivity index (χ1v) is 5.05.